The maximum Gasteiger partial charge on any atom is 0.222 e. The minimum atomic E-state index is -2.98. The van der Waals surface area contributed by atoms with Gasteiger partial charge in [-0.15, -0.1) is 0 Å². The van der Waals surface area contributed by atoms with Gasteiger partial charge in [-0.3, -0.25) is 4.79 Å². The first kappa shape index (κ1) is 14.4. The SMILES string of the molecule is CCCC(N)CC(=O)NC1(C)CCS(=O)(=O)C1. The summed E-state index contributed by atoms with van der Waals surface area (Å²) in [6.45, 7) is 3.80. The molecule has 1 rings (SSSR count). The maximum atomic E-state index is 11.7. The molecule has 0 aliphatic carbocycles. The standard InChI is InChI=1S/C11H22N2O3S/c1-3-4-9(12)7-10(14)13-11(2)5-6-17(15,16)8-11/h9H,3-8,12H2,1-2H3,(H,13,14). The molecule has 1 amide bonds. The molecule has 0 bridgehead atoms. The van der Waals surface area contributed by atoms with E-state index in [9.17, 15) is 13.2 Å². The molecule has 1 fully saturated rings. The van der Waals surface area contributed by atoms with Crippen LogP contribution in [-0.4, -0.2) is 37.4 Å². The van der Waals surface area contributed by atoms with Gasteiger partial charge in [-0.05, 0) is 19.8 Å². The van der Waals surface area contributed by atoms with E-state index in [0.717, 1.165) is 12.8 Å². The molecular weight excluding hydrogens is 240 g/mol. The molecule has 5 nitrogen and oxygen atoms in total. The van der Waals surface area contributed by atoms with Crippen LogP contribution in [0.2, 0.25) is 0 Å². The van der Waals surface area contributed by atoms with Gasteiger partial charge in [0, 0.05) is 12.5 Å². The van der Waals surface area contributed by atoms with Crippen molar-refractivity contribution in [2.24, 2.45) is 5.73 Å². The fraction of sp³-hybridized carbons (Fsp3) is 0.909. The predicted octanol–water partition coefficient (Wildman–Crippen LogP) is 0.197. The smallest absolute Gasteiger partial charge is 0.222 e. The number of carbonyl (C=O) groups excluding carboxylic acids is 1. The van der Waals surface area contributed by atoms with Crippen LogP contribution in [0.4, 0.5) is 0 Å². The van der Waals surface area contributed by atoms with Gasteiger partial charge in [-0.1, -0.05) is 13.3 Å². The van der Waals surface area contributed by atoms with E-state index in [2.05, 4.69) is 5.32 Å². The second kappa shape index (κ2) is 5.35. The number of nitrogens with one attached hydrogen (secondary N) is 1. The van der Waals surface area contributed by atoms with Crippen LogP contribution in [0.1, 0.15) is 39.5 Å². The molecule has 0 aromatic heterocycles. The summed E-state index contributed by atoms with van der Waals surface area (Å²) in [7, 11) is -2.98. The zero-order valence-electron chi connectivity index (χ0n) is 10.5. The van der Waals surface area contributed by atoms with Gasteiger partial charge in [-0.25, -0.2) is 8.42 Å². The summed E-state index contributed by atoms with van der Waals surface area (Å²) in [5.74, 6) is 0.0464. The van der Waals surface area contributed by atoms with Crippen LogP contribution in [0.3, 0.4) is 0 Å². The minimum absolute atomic E-state index is 0.0365. The molecule has 17 heavy (non-hydrogen) atoms. The van der Waals surface area contributed by atoms with E-state index in [1.54, 1.807) is 6.92 Å². The lowest BCUT2D eigenvalue weighted by Crippen LogP contribution is -2.48. The van der Waals surface area contributed by atoms with Crippen LogP contribution >= 0.6 is 0 Å². The van der Waals surface area contributed by atoms with E-state index in [0.29, 0.717) is 6.42 Å². The van der Waals surface area contributed by atoms with Gasteiger partial charge in [0.1, 0.15) is 0 Å². The van der Waals surface area contributed by atoms with Gasteiger partial charge < -0.3 is 11.1 Å². The summed E-state index contributed by atoms with van der Waals surface area (Å²) >= 11 is 0. The molecule has 2 unspecified atom stereocenters. The number of hydrogen-bond acceptors (Lipinski definition) is 4. The van der Waals surface area contributed by atoms with Gasteiger partial charge >= 0.3 is 0 Å². The first-order valence-corrected chi connectivity index (χ1v) is 7.85. The molecule has 1 heterocycles. The van der Waals surface area contributed by atoms with Crippen molar-refractivity contribution in [2.75, 3.05) is 11.5 Å². The van der Waals surface area contributed by atoms with E-state index in [1.807, 2.05) is 6.92 Å². The Hall–Kier alpha value is -0.620. The number of hydrogen-bond donors (Lipinski definition) is 2. The van der Waals surface area contributed by atoms with Gasteiger partial charge in [0.15, 0.2) is 9.84 Å². The first-order valence-electron chi connectivity index (χ1n) is 6.03. The summed E-state index contributed by atoms with van der Waals surface area (Å²) in [5.41, 5.74) is 5.17. The lowest BCUT2D eigenvalue weighted by Gasteiger charge is -2.24. The van der Waals surface area contributed by atoms with Crippen molar-refractivity contribution in [2.45, 2.75) is 51.1 Å². The highest BCUT2D eigenvalue weighted by atomic mass is 32.2. The van der Waals surface area contributed by atoms with Crippen LogP contribution in [-0.2, 0) is 14.6 Å². The molecule has 1 aliphatic rings. The number of nitrogens with two attached hydrogens (primary N) is 1. The zero-order valence-corrected chi connectivity index (χ0v) is 11.3. The normalized spacial score (nSPS) is 28.9. The second-order valence-corrected chi connectivity index (χ2v) is 7.39. The quantitative estimate of drug-likeness (QED) is 0.740. The van der Waals surface area contributed by atoms with Crippen molar-refractivity contribution >= 4 is 15.7 Å². The predicted molar refractivity (Wildman–Crippen MR) is 67.3 cm³/mol. The van der Waals surface area contributed by atoms with E-state index in [1.165, 1.54) is 0 Å². The summed E-state index contributed by atoms with van der Waals surface area (Å²) in [6, 6.07) is -0.137. The third kappa shape index (κ3) is 4.63. The van der Waals surface area contributed by atoms with Crippen molar-refractivity contribution in [1.29, 1.82) is 0 Å². The van der Waals surface area contributed by atoms with Gasteiger partial charge in [0.05, 0.1) is 17.0 Å². The van der Waals surface area contributed by atoms with E-state index in [-0.39, 0.29) is 29.9 Å². The third-order valence-electron chi connectivity index (χ3n) is 3.05. The van der Waals surface area contributed by atoms with Gasteiger partial charge in [0.2, 0.25) is 5.91 Å². The number of carbonyl (C=O) groups is 1. The Bertz CT molecular complexity index is 380. The van der Waals surface area contributed by atoms with Crippen molar-refractivity contribution in [3.63, 3.8) is 0 Å². The van der Waals surface area contributed by atoms with Crippen molar-refractivity contribution in [1.82, 2.24) is 5.32 Å². The Morgan fingerprint density at radius 3 is 2.65 bits per heavy atom. The lowest BCUT2D eigenvalue weighted by atomic mass is 10.0. The highest BCUT2D eigenvalue weighted by molar-refractivity contribution is 7.91. The average molecular weight is 262 g/mol. The molecule has 1 aliphatic heterocycles. The van der Waals surface area contributed by atoms with Crippen molar-refractivity contribution in [3.05, 3.63) is 0 Å². The van der Waals surface area contributed by atoms with Crippen LogP contribution in [0.15, 0.2) is 0 Å². The molecule has 0 aromatic rings. The molecule has 100 valence electrons. The Kier molecular flexibility index (Phi) is 4.55. The van der Waals surface area contributed by atoms with E-state index in [4.69, 9.17) is 5.73 Å². The van der Waals surface area contributed by atoms with Crippen LogP contribution in [0.5, 0.6) is 0 Å². The number of amides is 1. The topological polar surface area (TPSA) is 89.3 Å². The molecule has 3 N–H and O–H groups in total. The lowest BCUT2D eigenvalue weighted by molar-refractivity contribution is -0.122. The molecular formula is C11H22N2O3S. The van der Waals surface area contributed by atoms with Gasteiger partial charge in [0.25, 0.3) is 0 Å². The summed E-state index contributed by atoms with van der Waals surface area (Å²) < 4.78 is 22.8. The number of rotatable bonds is 5. The molecule has 0 spiro atoms. The number of sulfone groups is 1. The molecule has 6 heteroatoms. The van der Waals surface area contributed by atoms with Crippen LogP contribution in [0.25, 0.3) is 0 Å². The Morgan fingerprint density at radius 1 is 1.53 bits per heavy atom. The van der Waals surface area contributed by atoms with Gasteiger partial charge in [-0.2, -0.15) is 0 Å². The molecule has 1 saturated heterocycles. The molecule has 2 atom stereocenters. The highest BCUT2D eigenvalue weighted by Gasteiger charge is 2.39. The molecule has 0 saturated carbocycles. The van der Waals surface area contributed by atoms with Crippen LogP contribution < -0.4 is 11.1 Å². The summed E-state index contributed by atoms with van der Waals surface area (Å²) in [4.78, 5) is 11.7. The summed E-state index contributed by atoms with van der Waals surface area (Å²) in [5, 5.41) is 2.80. The first-order chi connectivity index (χ1) is 7.76. The Morgan fingerprint density at radius 2 is 2.18 bits per heavy atom. The third-order valence-corrected chi connectivity index (χ3v) is 4.95. The monoisotopic (exact) mass is 262 g/mol. The Labute approximate surface area is 103 Å². The van der Waals surface area contributed by atoms with E-state index < -0.39 is 15.4 Å². The van der Waals surface area contributed by atoms with Crippen molar-refractivity contribution < 1.29 is 13.2 Å². The molecule has 0 radical (unpaired) electrons. The largest absolute Gasteiger partial charge is 0.350 e. The maximum absolute atomic E-state index is 11.7. The fourth-order valence-corrected chi connectivity index (χ4v) is 4.30. The van der Waals surface area contributed by atoms with Crippen LogP contribution in [0, 0.1) is 0 Å². The fourth-order valence-electron chi connectivity index (χ4n) is 2.21. The molecule has 0 aromatic carbocycles. The Balaban J connectivity index is 2.46. The second-order valence-electron chi connectivity index (χ2n) is 5.20. The zero-order chi connectivity index (χ0) is 13.1. The van der Waals surface area contributed by atoms with Crippen molar-refractivity contribution in [3.8, 4) is 0 Å². The summed E-state index contributed by atoms with van der Waals surface area (Å²) in [6.07, 6.45) is 2.51. The average Bonchev–Trinajstić information content (AvgIpc) is 2.39. The minimum Gasteiger partial charge on any atom is -0.350 e. The van der Waals surface area contributed by atoms with E-state index >= 15 is 0 Å². The highest BCUT2D eigenvalue weighted by Crippen LogP contribution is 2.22.